The number of ether oxygens (including phenoxy) is 1. The third-order valence-electron chi connectivity index (χ3n) is 0.846. The van der Waals surface area contributed by atoms with Crippen molar-refractivity contribution in [1.82, 2.24) is 5.32 Å². The lowest BCUT2D eigenvalue weighted by Gasteiger charge is -2.10. The van der Waals surface area contributed by atoms with Gasteiger partial charge in [0.15, 0.2) is 0 Å². The average molecular weight is 119 g/mol. The SMILES string of the molecule is C1COCCN1.[S]. The molecule has 0 aromatic carbocycles. The van der Waals surface area contributed by atoms with Crippen LogP contribution in [-0.2, 0) is 4.74 Å². The van der Waals surface area contributed by atoms with E-state index in [9.17, 15) is 0 Å². The van der Waals surface area contributed by atoms with Crippen LogP contribution in [0.3, 0.4) is 0 Å². The molecule has 1 N–H and O–H groups in total. The van der Waals surface area contributed by atoms with Crippen LogP contribution in [0.15, 0.2) is 0 Å². The minimum absolute atomic E-state index is 0. The molecule has 0 aliphatic carbocycles. The van der Waals surface area contributed by atoms with Crippen LogP contribution >= 0.6 is 13.5 Å². The molecular formula is C4H9NOS. The number of hydrogen-bond acceptors (Lipinski definition) is 2. The van der Waals surface area contributed by atoms with Gasteiger partial charge in [-0.3, -0.25) is 0 Å². The molecule has 1 rings (SSSR count). The summed E-state index contributed by atoms with van der Waals surface area (Å²) in [5.74, 6) is 0. The summed E-state index contributed by atoms with van der Waals surface area (Å²) in [6.45, 7) is 3.83. The van der Waals surface area contributed by atoms with Crippen LogP contribution < -0.4 is 5.32 Å². The number of nitrogens with one attached hydrogen (secondary N) is 1. The first-order valence-corrected chi connectivity index (χ1v) is 2.28. The van der Waals surface area contributed by atoms with Gasteiger partial charge in [0.2, 0.25) is 0 Å². The summed E-state index contributed by atoms with van der Waals surface area (Å²) in [5, 5.41) is 3.16. The predicted octanol–water partition coefficient (Wildman–Crippen LogP) is 0.254. The number of hydrogen-bond donors (Lipinski definition) is 1. The molecule has 1 heterocycles. The topological polar surface area (TPSA) is 21.3 Å². The summed E-state index contributed by atoms with van der Waals surface area (Å²) in [7, 11) is 0. The lowest BCUT2D eigenvalue weighted by Crippen LogP contribution is -2.30. The van der Waals surface area contributed by atoms with Crippen LogP contribution in [0.2, 0.25) is 0 Å². The maximum atomic E-state index is 5.01. The van der Waals surface area contributed by atoms with E-state index in [-0.39, 0.29) is 13.5 Å². The molecule has 7 heavy (non-hydrogen) atoms. The molecule has 0 atom stereocenters. The van der Waals surface area contributed by atoms with E-state index < -0.39 is 0 Å². The van der Waals surface area contributed by atoms with E-state index in [1.165, 1.54) is 0 Å². The lowest BCUT2D eigenvalue weighted by atomic mass is 10.5. The molecule has 3 heteroatoms. The predicted molar refractivity (Wildman–Crippen MR) is 31.3 cm³/mol. The second kappa shape index (κ2) is 4.43. The minimum Gasteiger partial charge on any atom is -0.379 e. The highest BCUT2D eigenvalue weighted by Gasteiger charge is 1.92. The molecule has 0 unspecified atom stereocenters. The average Bonchev–Trinajstić information content (AvgIpc) is 1.72. The van der Waals surface area contributed by atoms with Crippen molar-refractivity contribution < 1.29 is 4.74 Å². The molecule has 0 amide bonds. The molecule has 42 valence electrons. The molecule has 0 aromatic rings. The van der Waals surface area contributed by atoms with Gasteiger partial charge in [0.1, 0.15) is 0 Å². The van der Waals surface area contributed by atoms with Crippen molar-refractivity contribution in [1.29, 1.82) is 0 Å². The van der Waals surface area contributed by atoms with Gasteiger partial charge in [-0.25, -0.2) is 0 Å². The zero-order valence-corrected chi connectivity index (χ0v) is 4.96. The molecule has 0 aromatic heterocycles. The van der Waals surface area contributed by atoms with Gasteiger partial charge in [-0.15, -0.1) is 0 Å². The molecule has 1 aliphatic rings. The smallest absolute Gasteiger partial charge is 0.0591 e. The van der Waals surface area contributed by atoms with Gasteiger partial charge in [-0.05, 0) is 0 Å². The van der Waals surface area contributed by atoms with Crippen molar-refractivity contribution in [2.75, 3.05) is 26.3 Å². The van der Waals surface area contributed by atoms with Crippen molar-refractivity contribution in [3.05, 3.63) is 0 Å². The third kappa shape index (κ3) is 2.91. The van der Waals surface area contributed by atoms with Crippen molar-refractivity contribution in [3.8, 4) is 0 Å². The molecule has 0 bridgehead atoms. The molecule has 2 radical (unpaired) electrons. The fraction of sp³-hybridized carbons (Fsp3) is 1.00. The van der Waals surface area contributed by atoms with Gasteiger partial charge in [-0.2, -0.15) is 0 Å². The van der Waals surface area contributed by atoms with Crippen LogP contribution in [0.1, 0.15) is 0 Å². The van der Waals surface area contributed by atoms with Gasteiger partial charge in [0.05, 0.1) is 13.2 Å². The Morgan fingerprint density at radius 1 is 1.14 bits per heavy atom. The van der Waals surface area contributed by atoms with E-state index in [0.29, 0.717) is 0 Å². The lowest BCUT2D eigenvalue weighted by molar-refractivity contribution is 0.109. The molecule has 2 nitrogen and oxygen atoms in total. The van der Waals surface area contributed by atoms with Gasteiger partial charge in [0.25, 0.3) is 0 Å². The Kier molecular flexibility index (Phi) is 4.60. The first-order valence-electron chi connectivity index (χ1n) is 2.28. The van der Waals surface area contributed by atoms with Gasteiger partial charge < -0.3 is 10.1 Å². The normalized spacial score (nSPS) is 20.6. The van der Waals surface area contributed by atoms with E-state index >= 15 is 0 Å². The number of morpholine rings is 1. The Balaban J connectivity index is 0.000000360. The second-order valence-corrected chi connectivity index (χ2v) is 1.36. The van der Waals surface area contributed by atoms with Crippen molar-refractivity contribution in [2.45, 2.75) is 0 Å². The highest BCUT2D eigenvalue weighted by atomic mass is 32.1. The van der Waals surface area contributed by atoms with E-state index in [2.05, 4.69) is 5.32 Å². The quantitative estimate of drug-likeness (QED) is 0.493. The summed E-state index contributed by atoms with van der Waals surface area (Å²) in [4.78, 5) is 0. The molecular weight excluding hydrogens is 110 g/mol. The summed E-state index contributed by atoms with van der Waals surface area (Å²) < 4.78 is 5.01. The fourth-order valence-electron chi connectivity index (χ4n) is 0.516. The van der Waals surface area contributed by atoms with E-state index in [0.717, 1.165) is 26.3 Å². The van der Waals surface area contributed by atoms with Crippen molar-refractivity contribution >= 4 is 13.5 Å². The van der Waals surface area contributed by atoms with E-state index in [1.807, 2.05) is 0 Å². The second-order valence-electron chi connectivity index (χ2n) is 1.36. The van der Waals surface area contributed by atoms with E-state index in [1.54, 1.807) is 0 Å². The first-order chi connectivity index (χ1) is 3.00. The summed E-state index contributed by atoms with van der Waals surface area (Å²) in [5.41, 5.74) is 0. The molecule has 1 aliphatic heterocycles. The highest BCUT2D eigenvalue weighted by molar-refractivity contribution is 7.59. The first kappa shape index (κ1) is 7.27. The van der Waals surface area contributed by atoms with Crippen molar-refractivity contribution in [2.24, 2.45) is 0 Å². The van der Waals surface area contributed by atoms with Gasteiger partial charge in [0, 0.05) is 26.6 Å². The zero-order chi connectivity index (χ0) is 4.24. The molecule has 0 saturated carbocycles. The highest BCUT2D eigenvalue weighted by Crippen LogP contribution is 1.76. The van der Waals surface area contributed by atoms with Crippen LogP contribution in [0.5, 0.6) is 0 Å². The summed E-state index contributed by atoms with van der Waals surface area (Å²) in [6, 6.07) is 0. The standard InChI is InChI=1S/C4H9NO.S/c1-3-6-4-2-5-1;/h5H,1-4H2;. The van der Waals surface area contributed by atoms with Crippen LogP contribution in [0.4, 0.5) is 0 Å². The van der Waals surface area contributed by atoms with Gasteiger partial charge in [-0.1, -0.05) is 0 Å². The Hall–Kier alpha value is 0.270. The maximum absolute atomic E-state index is 5.01. The molecule has 0 spiro atoms. The Morgan fingerprint density at radius 3 is 1.86 bits per heavy atom. The molecule has 1 fully saturated rings. The minimum atomic E-state index is 0. The van der Waals surface area contributed by atoms with Crippen LogP contribution in [-0.4, -0.2) is 26.3 Å². The summed E-state index contributed by atoms with van der Waals surface area (Å²) >= 11 is 0. The monoisotopic (exact) mass is 119 g/mol. The third-order valence-corrected chi connectivity index (χ3v) is 0.846. The Bertz CT molecular complexity index is 27.2. The number of rotatable bonds is 0. The van der Waals surface area contributed by atoms with Crippen LogP contribution in [0, 0.1) is 0 Å². The van der Waals surface area contributed by atoms with Crippen molar-refractivity contribution in [3.63, 3.8) is 0 Å². The van der Waals surface area contributed by atoms with Gasteiger partial charge >= 0.3 is 0 Å². The zero-order valence-electron chi connectivity index (χ0n) is 4.14. The maximum Gasteiger partial charge on any atom is 0.0591 e. The van der Waals surface area contributed by atoms with E-state index in [4.69, 9.17) is 4.74 Å². The summed E-state index contributed by atoms with van der Waals surface area (Å²) in [6.07, 6.45) is 0. The Morgan fingerprint density at radius 2 is 1.71 bits per heavy atom. The Labute approximate surface area is 50.7 Å². The van der Waals surface area contributed by atoms with Crippen LogP contribution in [0.25, 0.3) is 0 Å². The fourth-order valence-corrected chi connectivity index (χ4v) is 0.516. The molecule has 1 saturated heterocycles. The largest absolute Gasteiger partial charge is 0.379 e.